The molecule has 0 N–H and O–H groups in total. The molecule has 2 saturated heterocycles. The number of allylic oxidation sites excluding steroid dienone is 1. The van der Waals surface area contributed by atoms with Crippen molar-refractivity contribution in [1.82, 2.24) is 0 Å². The Bertz CT molecular complexity index is 596. The summed E-state index contributed by atoms with van der Waals surface area (Å²) in [6.07, 6.45) is 10.7. The Morgan fingerprint density at radius 3 is 2.75 bits per heavy atom. The van der Waals surface area contributed by atoms with E-state index in [1.54, 1.807) is 7.11 Å². The average molecular weight is 395 g/mol. The van der Waals surface area contributed by atoms with Crippen molar-refractivity contribution in [3.8, 4) is 0 Å². The van der Waals surface area contributed by atoms with Gasteiger partial charge in [0.1, 0.15) is 17.3 Å². The lowest BCUT2D eigenvalue weighted by Crippen LogP contribution is -2.52. The molecule has 2 aliphatic heterocycles. The fourth-order valence-corrected chi connectivity index (χ4v) is 4.71. The number of methoxy groups -OCH3 is 1. The van der Waals surface area contributed by atoms with Gasteiger partial charge in [-0.3, -0.25) is 9.59 Å². The molecule has 0 bridgehead atoms. The molecule has 3 aliphatic rings. The number of carbonyl (C=O) groups excluding carboxylic acids is 2. The van der Waals surface area contributed by atoms with Gasteiger partial charge in [-0.25, -0.2) is 0 Å². The summed E-state index contributed by atoms with van der Waals surface area (Å²) in [6, 6.07) is 0. The van der Waals surface area contributed by atoms with Gasteiger partial charge in [0.05, 0.1) is 25.2 Å². The second-order valence-electron chi connectivity index (χ2n) is 8.36. The zero-order valence-electron chi connectivity index (χ0n) is 17.4. The van der Waals surface area contributed by atoms with Crippen LogP contribution in [0.15, 0.2) is 12.2 Å². The summed E-state index contributed by atoms with van der Waals surface area (Å²) in [4.78, 5) is 23.6. The Labute approximate surface area is 167 Å². The van der Waals surface area contributed by atoms with Crippen LogP contribution in [0.3, 0.4) is 0 Å². The Balaban J connectivity index is 1.38. The number of esters is 1. The Morgan fingerprint density at radius 2 is 2.07 bits per heavy atom. The van der Waals surface area contributed by atoms with E-state index in [0.29, 0.717) is 26.1 Å². The molecule has 158 valence electrons. The third-order valence-electron chi connectivity index (χ3n) is 6.42. The van der Waals surface area contributed by atoms with Crippen LogP contribution in [0.4, 0.5) is 0 Å². The fourth-order valence-electron chi connectivity index (χ4n) is 4.71. The lowest BCUT2D eigenvalue weighted by molar-refractivity contribution is -0.143. The predicted octanol–water partition coefficient (Wildman–Crippen LogP) is 3.37. The van der Waals surface area contributed by atoms with Gasteiger partial charge in [-0.1, -0.05) is 18.6 Å². The molecule has 0 aromatic rings. The Kier molecular flexibility index (Phi) is 6.94. The molecule has 6 nitrogen and oxygen atoms in total. The van der Waals surface area contributed by atoms with Gasteiger partial charge in [0.15, 0.2) is 5.78 Å². The topological polar surface area (TPSA) is 77.7 Å². The van der Waals surface area contributed by atoms with Crippen molar-refractivity contribution in [2.75, 3.05) is 20.3 Å². The number of ketones is 1. The van der Waals surface area contributed by atoms with Crippen molar-refractivity contribution in [3.63, 3.8) is 0 Å². The van der Waals surface area contributed by atoms with E-state index in [0.717, 1.165) is 38.5 Å². The van der Waals surface area contributed by atoms with E-state index in [1.165, 1.54) is 0 Å². The van der Waals surface area contributed by atoms with Gasteiger partial charge >= 0.3 is 5.97 Å². The molecule has 0 radical (unpaired) electrons. The molecule has 28 heavy (non-hydrogen) atoms. The third kappa shape index (κ3) is 4.66. The van der Waals surface area contributed by atoms with E-state index in [1.807, 2.05) is 6.92 Å². The van der Waals surface area contributed by atoms with Crippen LogP contribution >= 0.6 is 0 Å². The maximum atomic E-state index is 12.3. The molecule has 0 amide bonds. The van der Waals surface area contributed by atoms with Crippen molar-refractivity contribution in [2.24, 2.45) is 5.92 Å². The maximum Gasteiger partial charge on any atom is 0.305 e. The molecule has 0 aromatic carbocycles. The number of carbonyl (C=O) groups is 2. The number of hydrogen-bond acceptors (Lipinski definition) is 6. The Morgan fingerprint density at radius 1 is 1.29 bits per heavy atom. The first kappa shape index (κ1) is 21.5. The SMILES string of the molecule is CCOC(=O)CCCCC/C=C/C[C@H]1O[C@@]1(C)[C@H]1[C@H](OC)C(=O)CC[C@]12CO2. The molecule has 1 spiro atoms. The van der Waals surface area contributed by atoms with Crippen LogP contribution in [-0.2, 0) is 28.5 Å². The van der Waals surface area contributed by atoms with E-state index >= 15 is 0 Å². The van der Waals surface area contributed by atoms with E-state index in [-0.39, 0.29) is 35.0 Å². The smallest absolute Gasteiger partial charge is 0.305 e. The minimum Gasteiger partial charge on any atom is -0.466 e. The molecule has 5 atom stereocenters. The molecule has 2 heterocycles. The number of epoxide rings is 2. The lowest BCUT2D eigenvalue weighted by Gasteiger charge is -2.37. The number of hydrogen-bond donors (Lipinski definition) is 0. The second-order valence-corrected chi connectivity index (χ2v) is 8.36. The first-order valence-electron chi connectivity index (χ1n) is 10.6. The standard InChI is InChI=1S/C22H34O6/c1-4-26-18(24)12-10-8-6-5-7-9-11-17-21(2,28-17)20-19(25-3)16(23)13-14-22(20)15-27-22/h7,9,17,19-20H,4-6,8,10-15H2,1-3H3/b9-7+/t17-,19-,20-,21-,22+/m1/s1. The first-order valence-corrected chi connectivity index (χ1v) is 10.6. The van der Waals surface area contributed by atoms with E-state index in [4.69, 9.17) is 18.9 Å². The van der Waals surface area contributed by atoms with E-state index in [9.17, 15) is 9.59 Å². The zero-order chi connectivity index (χ0) is 20.2. The van der Waals surface area contributed by atoms with Crippen LogP contribution in [0, 0.1) is 5.92 Å². The fraction of sp³-hybridized carbons (Fsp3) is 0.818. The third-order valence-corrected chi connectivity index (χ3v) is 6.42. The summed E-state index contributed by atoms with van der Waals surface area (Å²) in [5.41, 5.74) is -0.571. The monoisotopic (exact) mass is 394 g/mol. The molecule has 1 aliphatic carbocycles. The molecular weight excluding hydrogens is 360 g/mol. The van der Waals surface area contributed by atoms with Gasteiger partial charge in [0.2, 0.25) is 0 Å². The van der Waals surface area contributed by atoms with Gasteiger partial charge in [-0.15, -0.1) is 0 Å². The summed E-state index contributed by atoms with van der Waals surface area (Å²) in [6.45, 7) is 5.09. The molecule has 0 unspecified atom stereocenters. The predicted molar refractivity (Wildman–Crippen MR) is 104 cm³/mol. The van der Waals surface area contributed by atoms with Gasteiger partial charge in [-0.05, 0) is 46.0 Å². The van der Waals surface area contributed by atoms with E-state index in [2.05, 4.69) is 19.1 Å². The van der Waals surface area contributed by atoms with E-state index < -0.39 is 6.10 Å². The summed E-state index contributed by atoms with van der Waals surface area (Å²) in [5, 5.41) is 0. The van der Waals surface area contributed by atoms with Crippen molar-refractivity contribution in [3.05, 3.63) is 12.2 Å². The minimum atomic E-state index is -0.422. The number of ether oxygens (including phenoxy) is 4. The summed E-state index contributed by atoms with van der Waals surface area (Å²) < 4.78 is 22.4. The first-order chi connectivity index (χ1) is 13.5. The zero-order valence-corrected chi connectivity index (χ0v) is 17.4. The summed E-state index contributed by atoms with van der Waals surface area (Å²) in [5.74, 6) is 0.0474. The lowest BCUT2D eigenvalue weighted by atomic mass is 9.69. The van der Waals surface area contributed by atoms with Gasteiger partial charge in [0, 0.05) is 20.0 Å². The van der Waals surface area contributed by atoms with Crippen LogP contribution in [0.5, 0.6) is 0 Å². The quantitative estimate of drug-likeness (QED) is 0.231. The largest absolute Gasteiger partial charge is 0.466 e. The van der Waals surface area contributed by atoms with Crippen LogP contribution in [0.1, 0.15) is 65.2 Å². The highest BCUT2D eigenvalue weighted by Gasteiger charge is 2.71. The van der Waals surface area contributed by atoms with Crippen LogP contribution < -0.4 is 0 Å². The van der Waals surface area contributed by atoms with Crippen molar-refractivity contribution < 1.29 is 28.5 Å². The van der Waals surface area contributed by atoms with Gasteiger partial charge < -0.3 is 18.9 Å². The second kappa shape index (κ2) is 9.06. The van der Waals surface area contributed by atoms with Crippen LogP contribution in [0.2, 0.25) is 0 Å². The molecule has 1 saturated carbocycles. The molecule has 3 rings (SSSR count). The highest BCUT2D eigenvalue weighted by Crippen LogP contribution is 2.58. The van der Waals surface area contributed by atoms with Gasteiger partial charge in [-0.2, -0.15) is 0 Å². The number of rotatable bonds is 11. The summed E-state index contributed by atoms with van der Waals surface area (Å²) in [7, 11) is 1.61. The van der Waals surface area contributed by atoms with Crippen LogP contribution in [0.25, 0.3) is 0 Å². The number of Topliss-reactive ketones (excluding diaryl/α,β-unsaturated/α-hetero) is 1. The van der Waals surface area contributed by atoms with Crippen LogP contribution in [-0.4, -0.2) is 55.5 Å². The molecule has 0 aromatic heterocycles. The normalized spacial score (nSPS) is 36.8. The molecular formula is C22H34O6. The molecule has 6 heteroatoms. The van der Waals surface area contributed by atoms with Gasteiger partial charge in [0.25, 0.3) is 0 Å². The number of unbranched alkanes of at least 4 members (excludes halogenated alkanes) is 3. The minimum absolute atomic E-state index is 0.0208. The van der Waals surface area contributed by atoms with Crippen molar-refractivity contribution >= 4 is 11.8 Å². The maximum absolute atomic E-state index is 12.3. The van der Waals surface area contributed by atoms with Crippen molar-refractivity contribution in [2.45, 2.75) is 88.6 Å². The van der Waals surface area contributed by atoms with Crippen molar-refractivity contribution in [1.29, 1.82) is 0 Å². The molecule has 3 fully saturated rings. The summed E-state index contributed by atoms with van der Waals surface area (Å²) >= 11 is 0. The Hall–Kier alpha value is -1.24. The highest BCUT2D eigenvalue weighted by atomic mass is 16.6. The highest BCUT2D eigenvalue weighted by molar-refractivity contribution is 5.85. The average Bonchev–Trinajstić information content (AvgIpc) is 3.57.